The van der Waals surface area contributed by atoms with Crippen molar-refractivity contribution < 1.29 is 14.3 Å². The summed E-state index contributed by atoms with van der Waals surface area (Å²) in [5.41, 5.74) is 1.27. The van der Waals surface area contributed by atoms with Crippen molar-refractivity contribution in [3.05, 3.63) is 41.4 Å². The molecule has 1 amide bonds. The van der Waals surface area contributed by atoms with Crippen molar-refractivity contribution in [1.29, 1.82) is 0 Å². The van der Waals surface area contributed by atoms with Gasteiger partial charge in [-0.15, -0.1) is 21.5 Å². The number of carbonyl (C=O) groups is 1. The minimum Gasteiger partial charge on any atom is -0.480 e. The highest BCUT2D eigenvalue weighted by Gasteiger charge is 2.30. The molecule has 3 aromatic rings. The molecule has 4 rings (SSSR count). The van der Waals surface area contributed by atoms with Crippen molar-refractivity contribution in [3.63, 3.8) is 0 Å². The quantitative estimate of drug-likeness (QED) is 0.739. The first-order chi connectivity index (χ1) is 12.7. The lowest BCUT2D eigenvalue weighted by atomic mass is 10.3. The van der Waals surface area contributed by atoms with Gasteiger partial charge in [-0.25, -0.2) is 0 Å². The highest BCUT2D eigenvalue weighted by atomic mass is 32.1. The number of carbonyl (C=O) groups excluding carboxylic acids is 1. The van der Waals surface area contributed by atoms with Gasteiger partial charge in [-0.1, -0.05) is 6.07 Å². The lowest BCUT2D eigenvalue weighted by molar-refractivity contribution is 0.0765. The minimum atomic E-state index is -0.114. The molecule has 8 nitrogen and oxygen atoms in total. The topological polar surface area (TPSA) is 93.2 Å². The first kappa shape index (κ1) is 16.5. The normalized spacial score (nSPS) is 16.7. The van der Waals surface area contributed by atoms with Crippen LogP contribution in [0.5, 0.6) is 11.8 Å². The highest BCUT2D eigenvalue weighted by Crippen LogP contribution is 2.24. The molecular weight excluding hydrogens is 354 g/mol. The molecule has 1 unspecified atom stereocenters. The predicted octanol–water partition coefficient (Wildman–Crippen LogP) is 2.23. The Labute approximate surface area is 153 Å². The van der Waals surface area contributed by atoms with E-state index in [1.807, 2.05) is 17.5 Å². The highest BCUT2D eigenvalue weighted by molar-refractivity contribution is 7.13. The van der Waals surface area contributed by atoms with Crippen molar-refractivity contribution in [2.45, 2.75) is 12.5 Å². The van der Waals surface area contributed by atoms with Gasteiger partial charge in [0.25, 0.3) is 5.91 Å². The maximum absolute atomic E-state index is 12.7. The molecule has 1 aliphatic rings. The van der Waals surface area contributed by atoms with E-state index in [-0.39, 0.29) is 12.0 Å². The number of aromatic amines is 1. The summed E-state index contributed by atoms with van der Waals surface area (Å²) in [6.45, 7) is 1.11. The van der Waals surface area contributed by atoms with E-state index in [9.17, 15) is 4.79 Å². The van der Waals surface area contributed by atoms with Crippen LogP contribution in [0.2, 0.25) is 0 Å². The second-order valence-electron chi connectivity index (χ2n) is 5.84. The molecule has 3 aromatic heterocycles. The average molecular weight is 371 g/mol. The molecule has 1 saturated heterocycles. The number of likely N-dealkylation sites (tertiary alicyclic amines) is 1. The number of methoxy groups -OCH3 is 1. The monoisotopic (exact) mass is 371 g/mol. The Morgan fingerprint density at radius 2 is 2.15 bits per heavy atom. The lowest BCUT2D eigenvalue weighted by Crippen LogP contribution is -2.31. The molecule has 0 aromatic carbocycles. The molecular formula is C17H17N5O3S. The van der Waals surface area contributed by atoms with E-state index in [0.29, 0.717) is 30.5 Å². The number of nitrogens with one attached hydrogen (secondary N) is 1. The van der Waals surface area contributed by atoms with E-state index in [4.69, 9.17) is 9.47 Å². The molecule has 1 N–H and O–H groups in total. The number of rotatable bonds is 5. The standard InChI is InChI=1S/C17H17N5O3S/c1-24-15-4-5-16(21-20-15)25-11-6-7-22(10-11)17(23)13-9-12(18-19-13)14-3-2-8-26-14/h2-5,8-9,11H,6-7,10H2,1H3,(H,18,19). The maximum atomic E-state index is 12.7. The number of ether oxygens (including phenoxy) is 2. The van der Waals surface area contributed by atoms with E-state index in [1.54, 1.807) is 34.4 Å². The Morgan fingerprint density at radius 1 is 1.31 bits per heavy atom. The summed E-state index contributed by atoms with van der Waals surface area (Å²) in [6.07, 6.45) is 0.624. The van der Waals surface area contributed by atoms with E-state index < -0.39 is 0 Å². The summed E-state index contributed by atoms with van der Waals surface area (Å²) >= 11 is 1.60. The number of thiophene rings is 1. The minimum absolute atomic E-state index is 0.101. The average Bonchev–Trinajstić information content (AvgIpc) is 3.42. The molecule has 1 fully saturated rings. The molecule has 0 saturated carbocycles. The van der Waals surface area contributed by atoms with Crippen molar-refractivity contribution >= 4 is 17.2 Å². The summed E-state index contributed by atoms with van der Waals surface area (Å²) in [4.78, 5) is 15.5. The second-order valence-corrected chi connectivity index (χ2v) is 6.79. The fourth-order valence-electron chi connectivity index (χ4n) is 2.81. The third-order valence-electron chi connectivity index (χ3n) is 4.13. The van der Waals surface area contributed by atoms with Crippen LogP contribution in [0.3, 0.4) is 0 Å². The van der Waals surface area contributed by atoms with Crippen LogP contribution < -0.4 is 9.47 Å². The van der Waals surface area contributed by atoms with Crippen LogP contribution in [-0.4, -0.2) is 57.5 Å². The van der Waals surface area contributed by atoms with Crippen molar-refractivity contribution in [3.8, 4) is 22.3 Å². The van der Waals surface area contributed by atoms with Crippen LogP contribution in [-0.2, 0) is 0 Å². The number of nitrogens with zero attached hydrogens (tertiary/aromatic N) is 4. The summed E-state index contributed by atoms with van der Waals surface area (Å²) in [6, 6.07) is 9.14. The van der Waals surface area contributed by atoms with E-state index in [2.05, 4.69) is 20.4 Å². The molecule has 1 atom stereocenters. The fourth-order valence-corrected chi connectivity index (χ4v) is 3.50. The summed E-state index contributed by atoms with van der Waals surface area (Å²) < 4.78 is 10.8. The third-order valence-corrected chi connectivity index (χ3v) is 5.03. The van der Waals surface area contributed by atoms with Crippen LogP contribution in [0.25, 0.3) is 10.6 Å². The van der Waals surface area contributed by atoms with Gasteiger partial charge < -0.3 is 14.4 Å². The van der Waals surface area contributed by atoms with Crippen LogP contribution in [0.4, 0.5) is 0 Å². The van der Waals surface area contributed by atoms with Gasteiger partial charge in [-0.2, -0.15) is 5.10 Å². The van der Waals surface area contributed by atoms with E-state index >= 15 is 0 Å². The van der Waals surface area contributed by atoms with Crippen LogP contribution >= 0.6 is 11.3 Å². The fraction of sp³-hybridized carbons (Fsp3) is 0.294. The Hall–Kier alpha value is -2.94. The van der Waals surface area contributed by atoms with E-state index in [0.717, 1.165) is 17.0 Å². The van der Waals surface area contributed by atoms with Gasteiger partial charge in [0.2, 0.25) is 11.8 Å². The molecule has 1 aliphatic heterocycles. The van der Waals surface area contributed by atoms with Gasteiger partial charge in [-0.05, 0) is 17.5 Å². The smallest absolute Gasteiger partial charge is 0.274 e. The van der Waals surface area contributed by atoms with Crippen LogP contribution in [0.15, 0.2) is 35.7 Å². The van der Waals surface area contributed by atoms with Gasteiger partial charge >= 0.3 is 0 Å². The Balaban J connectivity index is 1.37. The number of hydrogen-bond donors (Lipinski definition) is 1. The zero-order chi connectivity index (χ0) is 17.9. The van der Waals surface area contributed by atoms with Gasteiger partial charge in [0.05, 0.1) is 24.2 Å². The first-order valence-corrected chi connectivity index (χ1v) is 9.04. The molecule has 26 heavy (non-hydrogen) atoms. The van der Waals surface area contributed by atoms with Gasteiger partial charge in [-0.3, -0.25) is 9.89 Å². The lowest BCUT2D eigenvalue weighted by Gasteiger charge is -2.15. The molecule has 9 heteroatoms. The number of amides is 1. The maximum Gasteiger partial charge on any atom is 0.274 e. The Bertz CT molecular complexity index is 878. The summed E-state index contributed by atoms with van der Waals surface area (Å²) in [7, 11) is 1.53. The zero-order valence-corrected chi connectivity index (χ0v) is 14.9. The number of hydrogen-bond acceptors (Lipinski definition) is 7. The predicted molar refractivity (Wildman–Crippen MR) is 95.4 cm³/mol. The van der Waals surface area contributed by atoms with E-state index in [1.165, 1.54) is 7.11 Å². The summed E-state index contributed by atoms with van der Waals surface area (Å²) in [5.74, 6) is 0.751. The molecule has 134 valence electrons. The Kier molecular flexibility index (Phi) is 4.53. The molecule has 4 heterocycles. The first-order valence-electron chi connectivity index (χ1n) is 8.16. The van der Waals surface area contributed by atoms with Gasteiger partial charge in [0.1, 0.15) is 6.10 Å². The van der Waals surface area contributed by atoms with Gasteiger partial charge in [0.15, 0.2) is 5.69 Å². The molecule has 0 radical (unpaired) electrons. The largest absolute Gasteiger partial charge is 0.480 e. The third kappa shape index (κ3) is 3.38. The van der Waals surface area contributed by atoms with Crippen molar-refractivity contribution in [1.82, 2.24) is 25.3 Å². The zero-order valence-electron chi connectivity index (χ0n) is 14.1. The second kappa shape index (κ2) is 7.12. The number of aromatic nitrogens is 4. The van der Waals surface area contributed by atoms with Crippen LogP contribution in [0.1, 0.15) is 16.9 Å². The number of H-pyrrole nitrogens is 1. The summed E-state index contributed by atoms with van der Waals surface area (Å²) in [5, 5.41) is 16.9. The van der Waals surface area contributed by atoms with Gasteiger partial charge in [0, 0.05) is 25.1 Å². The molecule has 0 bridgehead atoms. The Morgan fingerprint density at radius 3 is 2.88 bits per heavy atom. The van der Waals surface area contributed by atoms with Crippen molar-refractivity contribution in [2.24, 2.45) is 0 Å². The molecule has 0 aliphatic carbocycles. The van der Waals surface area contributed by atoms with Crippen LogP contribution in [0, 0.1) is 0 Å². The van der Waals surface area contributed by atoms with Crippen molar-refractivity contribution in [2.75, 3.05) is 20.2 Å². The molecule has 0 spiro atoms. The SMILES string of the molecule is COc1ccc(OC2CCN(C(=O)c3cc(-c4cccs4)[nH]n3)C2)nn1.